The minimum atomic E-state index is -0.311. The lowest BCUT2D eigenvalue weighted by Crippen LogP contribution is -2.09. The second kappa shape index (κ2) is 8.08. The number of methoxy groups -OCH3 is 2. The van der Waals surface area contributed by atoms with Crippen molar-refractivity contribution in [2.24, 2.45) is 0 Å². The fourth-order valence-corrected chi connectivity index (χ4v) is 2.50. The number of benzene rings is 2. The van der Waals surface area contributed by atoms with E-state index in [1.54, 1.807) is 44.6 Å². The predicted molar refractivity (Wildman–Crippen MR) is 98.3 cm³/mol. The van der Waals surface area contributed by atoms with Crippen molar-refractivity contribution >= 4 is 40.4 Å². The zero-order chi connectivity index (χ0) is 17.7. The molecule has 126 valence electrons. The third kappa shape index (κ3) is 4.43. The first-order chi connectivity index (χ1) is 11.4. The van der Waals surface area contributed by atoms with E-state index in [-0.39, 0.29) is 5.91 Å². The van der Waals surface area contributed by atoms with Gasteiger partial charge in [0.05, 0.1) is 24.9 Å². The Hall–Kier alpha value is -2.17. The van der Waals surface area contributed by atoms with Crippen LogP contribution >= 0.6 is 23.2 Å². The summed E-state index contributed by atoms with van der Waals surface area (Å²) >= 11 is 12.0. The molecule has 0 aliphatic heterocycles. The van der Waals surface area contributed by atoms with Crippen molar-refractivity contribution in [3.8, 4) is 11.5 Å². The van der Waals surface area contributed by atoms with E-state index in [1.165, 1.54) is 6.08 Å². The molecule has 0 aliphatic rings. The molecule has 4 nitrogen and oxygen atoms in total. The summed E-state index contributed by atoms with van der Waals surface area (Å²) in [7, 11) is 3.15. The van der Waals surface area contributed by atoms with Gasteiger partial charge >= 0.3 is 0 Å². The van der Waals surface area contributed by atoms with Crippen LogP contribution in [0.15, 0.2) is 42.5 Å². The van der Waals surface area contributed by atoms with Gasteiger partial charge in [0.15, 0.2) is 0 Å². The minimum absolute atomic E-state index is 0.311. The standard InChI is InChI=1S/C18H17Cl2NO3/c1-11(14-6-5-13(23-2)10-17(14)24-3)8-18(22)21-16-9-12(19)4-7-15(16)20/h4-10H,1-3H3,(H,21,22)/b11-8+. The molecule has 0 atom stereocenters. The molecule has 1 amide bonds. The van der Waals surface area contributed by atoms with Gasteiger partial charge in [-0.1, -0.05) is 23.2 Å². The summed E-state index contributed by atoms with van der Waals surface area (Å²) < 4.78 is 10.5. The summed E-state index contributed by atoms with van der Waals surface area (Å²) in [6.45, 7) is 1.82. The summed E-state index contributed by atoms with van der Waals surface area (Å²) in [6.07, 6.45) is 1.47. The maximum Gasteiger partial charge on any atom is 0.248 e. The van der Waals surface area contributed by atoms with Crippen LogP contribution in [0.25, 0.3) is 5.57 Å². The van der Waals surface area contributed by atoms with Crippen molar-refractivity contribution in [2.75, 3.05) is 19.5 Å². The summed E-state index contributed by atoms with van der Waals surface area (Å²) in [6, 6.07) is 10.3. The second-order valence-electron chi connectivity index (χ2n) is 5.01. The molecule has 2 rings (SSSR count). The maximum absolute atomic E-state index is 12.2. The highest BCUT2D eigenvalue weighted by Crippen LogP contribution is 2.30. The summed E-state index contributed by atoms with van der Waals surface area (Å²) in [5.74, 6) is 0.991. The van der Waals surface area contributed by atoms with Crippen LogP contribution < -0.4 is 14.8 Å². The number of carbonyl (C=O) groups is 1. The summed E-state index contributed by atoms with van der Waals surface area (Å²) in [4.78, 5) is 12.2. The van der Waals surface area contributed by atoms with E-state index in [2.05, 4.69) is 5.32 Å². The number of nitrogens with one attached hydrogen (secondary N) is 1. The average molecular weight is 366 g/mol. The van der Waals surface area contributed by atoms with Gasteiger partial charge in [0.2, 0.25) is 5.91 Å². The molecule has 0 aromatic heterocycles. The van der Waals surface area contributed by atoms with Crippen molar-refractivity contribution in [3.05, 3.63) is 58.1 Å². The monoisotopic (exact) mass is 365 g/mol. The van der Waals surface area contributed by atoms with Gasteiger partial charge in [-0.2, -0.15) is 0 Å². The molecule has 0 heterocycles. The molecule has 1 N–H and O–H groups in total. The van der Waals surface area contributed by atoms with E-state index < -0.39 is 0 Å². The van der Waals surface area contributed by atoms with Gasteiger partial charge in [0.1, 0.15) is 11.5 Å². The Morgan fingerprint density at radius 1 is 1.08 bits per heavy atom. The highest BCUT2D eigenvalue weighted by Gasteiger charge is 2.10. The molecule has 0 fully saturated rings. The lowest BCUT2D eigenvalue weighted by Gasteiger charge is -2.11. The van der Waals surface area contributed by atoms with Crippen LogP contribution in [0.1, 0.15) is 12.5 Å². The summed E-state index contributed by atoms with van der Waals surface area (Å²) in [5, 5.41) is 3.62. The number of anilines is 1. The quantitative estimate of drug-likeness (QED) is 0.753. The summed E-state index contributed by atoms with van der Waals surface area (Å²) in [5.41, 5.74) is 2.00. The average Bonchev–Trinajstić information content (AvgIpc) is 2.57. The van der Waals surface area contributed by atoms with E-state index in [9.17, 15) is 4.79 Å². The van der Waals surface area contributed by atoms with Gasteiger partial charge in [-0.05, 0) is 42.8 Å². The number of hydrogen-bond acceptors (Lipinski definition) is 3. The number of rotatable bonds is 5. The van der Waals surface area contributed by atoms with E-state index in [0.717, 1.165) is 11.1 Å². The molecular weight excluding hydrogens is 349 g/mol. The van der Waals surface area contributed by atoms with Gasteiger partial charge in [-0.25, -0.2) is 0 Å². The van der Waals surface area contributed by atoms with Crippen LogP contribution in [-0.4, -0.2) is 20.1 Å². The topological polar surface area (TPSA) is 47.6 Å². The smallest absolute Gasteiger partial charge is 0.248 e. The number of allylic oxidation sites excluding steroid dienone is 1. The second-order valence-corrected chi connectivity index (χ2v) is 5.85. The van der Waals surface area contributed by atoms with E-state index in [4.69, 9.17) is 32.7 Å². The highest BCUT2D eigenvalue weighted by atomic mass is 35.5. The zero-order valence-corrected chi connectivity index (χ0v) is 15.0. The first-order valence-electron chi connectivity index (χ1n) is 7.11. The fraction of sp³-hybridized carbons (Fsp3) is 0.167. The number of carbonyl (C=O) groups excluding carboxylic acids is 1. The molecule has 0 spiro atoms. The van der Waals surface area contributed by atoms with Crippen LogP contribution in [0, 0.1) is 0 Å². The van der Waals surface area contributed by atoms with Gasteiger partial charge < -0.3 is 14.8 Å². The molecule has 24 heavy (non-hydrogen) atoms. The van der Waals surface area contributed by atoms with Crippen molar-refractivity contribution in [1.29, 1.82) is 0 Å². The first-order valence-corrected chi connectivity index (χ1v) is 7.87. The molecule has 0 aliphatic carbocycles. The Kier molecular flexibility index (Phi) is 6.12. The van der Waals surface area contributed by atoms with Crippen molar-refractivity contribution in [2.45, 2.75) is 6.92 Å². The first kappa shape index (κ1) is 18.2. The third-order valence-corrected chi connectivity index (χ3v) is 3.93. The lowest BCUT2D eigenvalue weighted by atomic mass is 10.1. The predicted octanol–water partition coefficient (Wildman–Crippen LogP) is 5.05. The molecule has 6 heteroatoms. The molecule has 0 unspecified atom stereocenters. The van der Waals surface area contributed by atoms with Crippen molar-refractivity contribution in [1.82, 2.24) is 0 Å². The molecule has 0 saturated heterocycles. The van der Waals surface area contributed by atoms with Crippen LogP contribution in [0.4, 0.5) is 5.69 Å². The van der Waals surface area contributed by atoms with Crippen LogP contribution in [0.5, 0.6) is 11.5 Å². The third-order valence-electron chi connectivity index (χ3n) is 3.37. The van der Waals surface area contributed by atoms with Crippen LogP contribution in [0.2, 0.25) is 10.0 Å². The Morgan fingerprint density at radius 2 is 1.83 bits per heavy atom. The number of halogens is 2. The molecule has 2 aromatic carbocycles. The normalized spacial score (nSPS) is 11.1. The molecular formula is C18H17Cl2NO3. The Morgan fingerprint density at radius 3 is 2.50 bits per heavy atom. The number of hydrogen-bond donors (Lipinski definition) is 1. The van der Waals surface area contributed by atoms with E-state index >= 15 is 0 Å². The molecule has 0 saturated carbocycles. The fourth-order valence-electron chi connectivity index (χ4n) is 2.16. The van der Waals surface area contributed by atoms with Gasteiger partial charge in [-0.15, -0.1) is 0 Å². The Labute approximate surface area is 151 Å². The number of amides is 1. The van der Waals surface area contributed by atoms with E-state index in [0.29, 0.717) is 27.2 Å². The van der Waals surface area contributed by atoms with Crippen molar-refractivity contribution in [3.63, 3.8) is 0 Å². The largest absolute Gasteiger partial charge is 0.497 e. The van der Waals surface area contributed by atoms with Crippen LogP contribution in [0.3, 0.4) is 0 Å². The van der Waals surface area contributed by atoms with Crippen molar-refractivity contribution < 1.29 is 14.3 Å². The minimum Gasteiger partial charge on any atom is -0.497 e. The Balaban J connectivity index is 2.24. The van der Waals surface area contributed by atoms with Gasteiger partial charge in [0, 0.05) is 22.7 Å². The Bertz CT molecular complexity index is 788. The lowest BCUT2D eigenvalue weighted by molar-refractivity contribution is -0.111. The van der Waals surface area contributed by atoms with Crippen LogP contribution in [-0.2, 0) is 4.79 Å². The molecule has 2 aromatic rings. The van der Waals surface area contributed by atoms with Gasteiger partial charge in [-0.3, -0.25) is 4.79 Å². The van der Waals surface area contributed by atoms with E-state index in [1.807, 2.05) is 13.0 Å². The van der Waals surface area contributed by atoms with Gasteiger partial charge in [0.25, 0.3) is 0 Å². The maximum atomic E-state index is 12.2. The number of ether oxygens (including phenoxy) is 2. The highest BCUT2D eigenvalue weighted by molar-refractivity contribution is 6.35. The molecule has 0 radical (unpaired) electrons. The zero-order valence-electron chi connectivity index (χ0n) is 13.5. The SMILES string of the molecule is COc1ccc(/C(C)=C/C(=O)Nc2cc(Cl)ccc2Cl)c(OC)c1. The molecule has 0 bridgehead atoms.